The van der Waals surface area contributed by atoms with Crippen LogP contribution in [-0.2, 0) is 0 Å². The summed E-state index contributed by atoms with van der Waals surface area (Å²) in [4.78, 5) is 4.56. The molecule has 0 aromatic rings. The molecule has 0 atom stereocenters. The van der Waals surface area contributed by atoms with E-state index in [4.69, 9.17) is 0 Å². The fourth-order valence-corrected chi connectivity index (χ4v) is 1.37. The Morgan fingerprint density at radius 1 is 1.17 bits per heavy atom. The maximum absolute atomic E-state index is 4.56. The molecular formula is C10H20N2. The molecule has 0 saturated heterocycles. The Bertz CT molecular complexity index is 165. The van der Waals surface area contributed by atoms with Crippen molar-refractivity contribution in [2.45, 2.75) is 40.0 Å². The molecule has 0 bridgehead atoms. The molecule has 12 heavy (non-hydrogen) atoms. The number of nitrogens with one attached hydrogen (secondary N) is 1. The molecule has 1 aliphatic heterocycles. The van der Waals surface area contributed by atoms with Gasteiger partial charge in [-0.05, 0) is 19.3 Å². The molecule has 0 fully saturated rings. The van der Waals surface area contributed by atoms with Gasteiger partial charge >= 0.3 is 0 Å². The van der Waals surface area contributed by atoms with Crippen molar-refractivity contribution in [3.63, 3.8) is 0 Å². The van der Waals surface area contributed by atoms with Gasteiger partial charge in [0.2, 0.25) is 0 Å². The van der Waals surface area contributed by atoms with E-state index in [1.807, 2.05) is 0 Å². The summed E-state index contributed by atoms with van der Waals surface area (Å²) in [6.45, 7) is 8.72. The second-order valence-corrected chi connectivity index (χ2v) is 4.47. The fraction of sp³-hybridized carbons (Fsp3) is 0.900. The molecule has 1 aliphatic rings. The highest BCUT2D eigenvalue weighted by Gasteiger charge is 2.18. The van der Waals surface area contributed by atoms with Crippen LogP contribution in [0.2, 0.25) is 0 Å². The Labute approximate surface area is 75.5 Å². The number of hydrogen-bond acceptors (Lipinski definition) is 2. The highest BCUT2D eigenvalue weighted by Crippen LogP contribution is 2.15. The van der Waals surface area contributed by atoms with Crippen molar-refractivity contribution in [3.8, 4) is 0 Å². The molecule has 2 nitrogen and oxygen atoms in total. The lowest BCUT2D eigenvalue weighted by molar-refractivity contribution is 0.540. The smallest absolute Gasteiger partial charge is 0.102 e. The zero-order chi connectivity index (χ0) is 9.03. The van der Waals surface area contributed by atoms with Crippen LogP contribution < -0.4 is 5.32 Å². The monoisotopic (exact) mass is 168 g/mol. The SMILES string of the molecule is CC(C)(C)C1=NCCCCCN1. The van der Waals surface area contributed by atoms with Gasteiger partial charge in [0.15, 0.2) is 0 Å². The molecule has 1 N–H and O–H groups in total. The zero-order valence-electron chi connectivity index (χ0n) is 8.48. The molecule has 0 radical (unpaired) electrons. The van der Waals surface area contributed by atoms with Gasteiger partial charge in [-0.25, -0.2) is 0 Å². The normalized spacial score (nSPS) is 20.4. The summed E-state index contributed by atoms with van der Waals surface area (Å²) in [7, 11) is 0. The van der Waals surface area contributed by atoms with Crippen LogP contribution in [0, 0.1) is 5.41 Å². The lowest BCUT2D eigenvalue weighted by Crippen LogP contribution is -2.36. The highest BCUT2D eigenvalue weighted by atomic mass is 15.0. The van der Waals surface area contributed by atoms with E-state index in [-0.39, 0.29) is 5.41 Å². The fourth-order valence-electron chi connectivity index (χ4n) is 1.37. The molecule has 0 saturated carbocycles. The van der Waals surface area contributed by atoms with Crippen molar-refractivity contribution in [3.05, 3.63) is 0 Å². The van der Waals surface area contributed by atoms with Gasteiger partial charge in [-0.1, -0.05) is 20.8 Å². The van der Waals surface area contributed by atoms with Gasteiger partial charge in [-0.15, -0.1) is 0 Å². The number of rotatable bonds is 0. The van der Waals surface area contributed by atoms with E-state index in [0.717, 1.165) is 13.1 Å². The van der Waals surface area contributed by atoms with Gasteiger partial charge < -0.3 is 5.32 Å². The van der Waals surface area contributed by atoms with Crippen molar-refractivity contribution in [1.82, 2.24) is 5.32 Å². The van der Waals surface area contributed by atoms with E-state index in [1.54, 1.807) is 0 Å². The first-order chi connectivity index (χ1) is 5.61. The predicted molar refractivity (Wildman–Crippen MR) is 53.6 cm³/mol. The van der Waals surface area contributed by atoms with Crippen molar-refractivity contribution in [1.29, 1.82) is 0 Å². The molecule has 70 valence electrons. The minimum Gasteiger partial charge on any atom is -0.373 e. The summed E-state index contributed by atoms with van der Waals surface area (Å²) in [6.07, 6.45) is 3.85. The molecule has 2 heteroatoms. The van der Waals surface area contributed by atoms with Crippen LogP contribution in [0.3, 0.4) is 0 Å². The third-order valence-electron chi connectivity index (χ3n) is 2.11. The minimum absolute atomic E-state index is 0.192. The van der Waals surface area contributed by atoms with E-state index in [2.05, 4.69) is 31.1 Å². The third-order valence-corrected chi connectivity index (χ3v) is 2.11. The van der Waals surface area contributed by atoms with Gasteiger partial charge in [-0.3, -0.25) is 4.99 Å². The summed E-state index contributed by atoms with van der Waals surface area (Å²) in [5, 5.41) is 3.41. The topological polar surface area (TPSA) is 24.4 Å². The maximum Gasteiger partial charge on any atom is 0.102 e. The second-order valence-electron chi connectivity index (χ2n) is 4.47. The van der Waals surface area contributed by atoms with Crippen molar-refractivity contribution < 1.29 is 0 Å². The number of amidine groups is 1. The van der Waals surface area contributed by atoms with Crippen LogP contribution in [0.15, 0.2) is 4.99 Å². The van der Waals surface area contributed by atoms with Crippen molar-refractivity contribution >= 4 is 5.84 Å². The summed E-state index contributed by atoms with van der Waals surface area (Å²) < 4.78 is 0. The number of nitrogens with zero attached hydrogens (tertiary/aromatic N) is 1. The maximum atomic E-state index is 4.56. The summed E-state index contributed by atoms with van der Waals surface area (Å²) in [5.41, 5.74) is 0.192. The number of hydrogen-bond donors (Lipinski definition) is 1. The molecule has 1 heterocycles. The van der Waals surface area contributed by atoms with Crippen LogP contribution in [0.25, 0.3) is 0 Å². The van der Waals surface area contributed by atoms with E-state index in [1.165, 1.54) is 25.1 Å². The minimum atomic E-state index is 0.192. The van der Waals surface area contributed by atoms with Gasteiger partial charge in [-0.2, -0.15) is 0 Å². The first-order valence-electron chi connectivity index (χ1n) is 4.89. The predicted octanol–water partition coefficient (Wildman–Crippen LogP) is 2.20. The summed E-state index contributed by atoms with van der Waals surface area (Å²) in [6, 6.07) is 0. The van der Waals surface area contributed by atoms with Crippen LogP contribution in [0.5, 0.6) is 0 Å². The quantitative estimate of drug-likeness (QED) is 0.589. The first-order valence-corrected chi connectivity index (χ1v) is 4.89. The second kappa shape index (κ2) is 3.92. The van der Waals surface area contributed by atoms with Crippen molar-refractivity contribution in [2.75, 3.05) is 13.1 Å². The molecule has 0 amide bonds. The highest BCUT2D eigenvalue weighted by molar-refractivity contribution is 5.87. The molecular weight excluding hydrogens is 148 g/mol. The third kappa shape index (κ3) is 2.84. The first kappa shape index (κ1) is 9.56. The molecule has 1 rings (SSSR count). The molecule has 0 aromatic heterocycles. The van der Waals surface area contributed by atoms with E-state index < -0.39 is 0 Å². The molecule has 0 unspecified atom stereocenters. The average Bonchev–Trinajstić information content (AvgIpc) is 1.81. The Hall–Kier alpha value is -0.530. The Balaban J connectivity index is 2.59. The van der Waals surface area contributed by atoms with Gasteiger partial charge in [0, 0.05) is 18.5 Å². The zero-order valence-corrected chi connectivity index (χ0v) is 8.48. The van der Waals surface area contributed by atoms with Gasteiger partial charge in [0.25, 0.3) is 0 Å². The lowest BCUT2D eigenvalue weighted by atomic mass is 9.94. The van der Waals surface area contributed by atoms with E-state index in [0.29, 0.717) is 0 Å². The Morgan fingerprint density at radius 2 is 1.92 bits per heavy atom. The van der Waals surface area contributed by atoms with Crippen LogP contribution in [0.1, 0.15) is 40.0 Å². The lowest BCUT2D eigenvalue weighted by Gasteiger charge is -2.24. The average molecular weight is 168 g/mol. The van der Waals surface area contributed by atoms with E-state index in [9.17, 15) is 0 Å². The number of aliphatic imine (C=N–C) groups is 1. The van der Waals surface area contributed by atoms with E-state index >= 15 is 0 Å². The summed E-state index contributed by atoms with van der Waals surface area (Å²) in [5.74, 6) is 1.18. The van der Waals surface area contributed by atoms with Crippen LogP contribution in [-0.4, -0.2) is 18.9 Å². The van der Waals surface area contributed by atoms with Crippen molar-refractivity contribution in [2.24, 2.45) is 10.4 Å². The largest absolute Gasteiger partial charge is 0.373 e. The summed E-state index contributed by atoms with van der Waals surface area (Å²) >= 11 is 0. The molecule has 0 spiro atoms. The van der Waals surface area contributed by atoms with Crippen LogP contribution >= 0.6 is 0 Å². The Morgan fingerprint density at radius 3 is 2.58 bits per heavy atom. The van der Waals surface area contributed by atoms with Crippen LogP contribution in [0.4, 0.5) is 0 Å². The molecule has 0 aromatic carbocycles. The van der Waals surface area contributed by atoms with Gasteiger partial charge in [0.05, 0.1) is 0 Å². The Kier molecular flexibility index (Phi) is 3.12. The molecule has 0 aliphatic carbocycles. The standard InChI is InChI=1S/C10H20N2/c1-10(2,3)9-11-7-5-4-6-8-12-9/h4-8H2,1-3H3,(H,11,12). The van der Waals surface area contributed by atoms with Gasteiger partial charge in [0.1, 0.15) is 5.84 Å².